The van der Waals surface area contributed by atoms with Crippen molar-refractivity contribution in [1.29, 1.82) is 0 Å². The van der Waals surface area contributed by atoms with Crippen molar-refractivity contribution in [3.63, 3.8) is 0 Å². The van der Waals surface area contributed by atoms with E-state index in [4.69, 9.17) is 16.6 Å². The number of amides is 1. The number of carbonyl (C=O) groups excluding carboxylic acids is 1. The van der Waals surface area contributed by atoms with Gasteiger partial charge in [0.2, 0.25) is 5.95 Å². The van der Waals surface area contributed by atoms with Gasteiger partial charge in [0.25, 0.3) is 5.91 Å². The molecule has 0 fully saturated rings. The molecule has 3 rings (SSSR count). The number of carboxylic acids is 2. The third-order valence-electron chi connectivity index (χ3n) is 4.72. The standard InChI is InChI=1S/C20H22N8O5.Pt/c1-28(9-11-8-23-17-15(24-11)16(21)26-20(22)27-17)12-4-2-10(3-5-12)18(31)25-13(19(32)33)6-7-14(29)30;/h2-5,8,13H,6-7,9H2,1H3,(H,25,31)(H,29,30)(H,32,33)(H4,21,22,23,26,27);/t13-;/m0./s1. The Balaban J connectivity index is 0.00000408. The average molecular weight is 650 g/mol. The molecule has 2 heterocycles. The molecule has 0 bridgehead atoms. The summed E-state index contributed by atoms with van der Waals surface area (Å²) in [6.07, 6.45) is 0.964. The van der Waals surface area contributed by atoms with E-state index in [0.717, 1.165) is 5.69 Å². The van der Waals surface area contributed by atoms with Crippen molar-refractivity contribution in [2.45, 2.75) is 25.4 Å². The summed E-state index contributed by atoms with van der Waals surface area (Å²) in [5.74, 6) is -2.91. The number of fused-ring (bicyclic) bond motifs is 1. The number of nitrogens with zero attached hydrogens (tertiary/aromatic N) is 5. The fourth-order valence-electron chi connectivity index (χ4n) is 3.03. The fraction of sp³-hybridized carbons (Fsp3) is 0.250. The van der Waals surface area contributed by atoms with Gasteiger partial charge in [0, 0.05) is 45.8 Å². The number of anilines is 3. The smallest absolute Gasteiger partial charge is 0.326 e. The predicted molar refractivity (Wildman–Crippen MR) is 118 cm³/mol. The van der Waals surface area contributed by atoms with Crippen LogP contribution in [0.5, 0.6) is 0 Å². The molecule has 1 atom stereocenters. The number of benzene rings is 1. The van der Waals surface area contributed by atoms with Gasteiger partial charge in [-0.2, -0.15) is 9.97 Å². The molecule has 0 radical (unpaired) electrons. The Bertz CT molecular complexity index is 1210. The van der Waals surface area contributed by atoms with Gasteiger partial charge in [0.05, 0.1) is 18.4 Å². The Morgan fingerprint density at radius 2 is 1.76 bits per heavy atom. The van der Waals surface area contributed by atoms with E-state index in [1.54, 1.807) is 18.3 Å². The molecule has 0 unspecified atom stereocenters. The molecular weight excluding hydrogens is 627 g/mol. The van der Waals surface area contributed by atoms with Crippen LogP contribution in [0.4, 0.5) is 17.5 Å². The first-order valence-electron chi connectivity index (χ1n) is 9.75. The largest absolute Gasteiger partial charge is 0.481 e. The minimum Gasteiger partial charge on any atom is -0.481 e. The van der Waals surface area contributed by atoms with Crippen molar-refractivity contribution in [3.8, 4) is 0 Å². The van der Waals surface area contributed by atoms with Crippen molar-refractivity contribution in [2.75, 3.05) is 23.4 Å². The minimum atomic E-state index is -1.30. The van der Waals surface area contributed by atoms with Crippen molar-refractivity contribution >= 4 is 46.5 Å². The zero-order valence-corrected chi connectivity index (χ0v) is 20.2. The summed E-state index contributed by atoms with van der Waals surface area (Å²) in [6, 6.07) is 5.16. The summed E-state index contributed by atoms with van der Waals surface area (Å²) < 4.78 is 0. The number of hydrogen-bond acceptors (Lipinski definition) is 10. The Morgan fingerprint density at radius 3 is 2.38 bits per heavy atom. The van der Waals surface area contributed by atoms with Gasteiger partial charge in [0.15, 0.2) is 17.0 Å². The summed E-state index contributed by atoms with van der Waals surface area (Å²) >= 11 is 0. The number of carbonyl (C=O) groups is 3. The quantitative estimate of drug-likeness (QED) is 0.212. The van der Waals surface area contributed by atoms with E-state index in [9.17, 15) is 19.5 Å². The zero-order chi connectivity index (χ0) is 24.1. The van der Waals surface area contributed by atoms with Crippen LogP contribution in [-0.2, 0) is 37.2 Å². The molecule has 182 valence electrons. The van der Waals surface area contributed by atoms with Gasteiger partial charge in [-0.25, -0.2) is 14.8 Å². The molecule has 13 nitrogen and oxygen atoms in total. The second-order valence-electron chi connectivity index (χ2n) is 7.20. The summed E-state index contributed by atoms with van der Waals surface area (Å²) in [6.45, 7) is 0.370. The topological polar surface area (TPSA) is 211 Å². The summed E-state index contributed by atoms with van der Waals surface area (Å²) in [4.78, 5) is 52.7. The number of nitrogen functional groups attached to an aromatic ring is 2. The Kier molecular flexibility index (Phi) is 8.79. The van der Waals surface area contributed by atoms with E-state index < -0.39 is 23.9 Å². The molecule has 7 N–H and O–H groups in total. The number of nitrogens with two attached hydrogens (primary N) is 2. The number of aromatic nitrogens is 4. The maximum Gasteiger partial charge on any atom is 0.326 e. The average Bonchev–Trinajstić information content (AvgIpc) is 2.76. The summed E-state index contributed by atoms with van der Waals surface area (Å²) in [7, 11) is 1.82. The Labute approximate surface area is 207 Å². The van der Waals surface area contributed by atoms with Crippen molar-refractivity contribution in [1.82, 2.24) is 25.3 Å². The van der Waals surface area contributed by atoms with Crippen molar-refractivity contribution in [2.24, 2.45) is 0 Å². The van der Waals surface area contributed by atoms with Crippen LogP contribution in [0, 0.1) is 0 Å². The molecule has 0 saturated carbocycles. The monoisotopic (exact) mass is 649 g/mol. The molecule has 0 aliphatic heterocycles. The third kappa shape index (κ3) is 6.58. The van der Waals surface area contributed by atoms with Crippen molar-refractivity contribution in [3.05, 3.63) is 41.7 Å². The molecule has 3 aromatic rings. The van der Waals surface area contributed by atoms with Crippen LogP contribution in [0.15, 0.2) is 30.5 Å². The van der Waals surface area contributed by atoms with Gasteiger partial charge in [-0.3, -0.25) is 9.59 Å². The molecular formula is C20H22N8O5Pt. The second kappa shape index (κ2) is 11.3. The van der Waals surface area contributed by atoms with Gasteiger partial charge < -0.3 is 31.9 Å². The van der Waals surface area contributed by atoms with Crippen LogP contribution in [0.2, 0.25) is 0 Å². The summed E-state index contributed by atoms with van der Waals surface area (Å²) in [5, 5.41) is 20.2. The second-order valence-corrected chi connectivity index (χ2v) is 7.20. The van der Waals surface area contributed by atoms with Gasteiger partial charge in [-0.15, -0.1) is 0 Å². The Morgan fingerprint density at radius 1 is 1.09 bits per heavy atom. The van der Waals surface area contributed by atoms with E-state index >= 15 is 0 Å². The van der Waals surface area contributed by atoms with Crippen LogP contribution in [0.1, 0.15) is 28.9 Å². The first kappa shape index (κ1) is 26.4. The van der Waals surface area contributed by atoms with Crippen LogP contribution < -0.4 is 21.7 Å². The summed E-state index contributed by atoms with van der Waals surface area (Å²) in [5.41, 5.74) is 13.7. The first-order valence-corrected chi connectivity index (χ1v) is 9.75. The normalized spacial score (nSPS) is 11.3. The van der Waals surface area contributed by atoms with Crippen LogP contribution >= 0.6 is 0 Å². The van der Waals surface area contributed by atoms with E-state index in [-0.39, 0.29) is 51.2 Å². The number of hydrogen-bond donors (Lipinski definition) is 5. The number of aliphatic carboxylic acids is 2. The third-order valence-corrected chi connectivity index (χ3v) is 4.72. The SMILES string of the molecule is CN(Cc1cnc2nc(N)nc(N)c2n1)c1ccc(C(=O)N[C@@H](CCC(=O)O)C(=O)O)cc1.[Pt]. The molecule has 0 spiro atoms. The molecule has 2 aromatic heterocycles. The molecule has 1 amide bonds. The van der Waals surface area contributed by atoms with Crippen molar-refractivity contribution < 1.29 is 45.7 Å². The van der Waals surface area contributed by atoms with Crippen LogP contribution in [0.25, 0.3) is 11.2 Å². The molecule has 0 saturated heterocycles. The molecule has 0 aliphatic carbocycles. The van der Waals surface area contributed by atoms with Gasteiger partial charge in [0.1, 0.15) is 6.04 Å². The zero-order valence-electron chi connectivity index (χ0n) is 17.9. The predicted octanol–water partition coefficient (Wildman–Crippen LogP) is 0.266. The molecule has 0 aliphatic rings. The van der Waals surface area contributed by atoms with E-state index in [2.05, 4.69) is 25.3 Å². The van der Waals surface area contributed by atoms with Gasteiger partial charge in [-0.1, -0.05) is 0 Å². The van der Waals surface area contributed by atoms with Crippen LogP contribution in [0.3, 0.4) is 0 Å². The van der Waals surface area contributed by atoms with E-state index in [1.165, 1.54) is 12.1 Å². The molecule has 1 aromatic carbocycles. The maximum atomic E-state index is 12.4. The van der Waals surface area contributed by atoms with Gasteiger partial charge in [-0.05, 0) is 30.7 Å². The fourth-order valence-corrected chi connectivity index (χ4v) is 3.03. The van der Waals surface area contributed by atoms with Gasteiger partial charge >= 0.3 is 11.9 Å². The van der Waals surface area contributed by atoms with E-state index in [0.29, 0.717) is 23.4 Å². The molecule has 34 heavy (non-hydrogen) atoms. The first-order chi connectivity index (χ1) is 15.6. The minimum absolute atomic E-state index is 0. The number of nitrogens with one attached hydrogen (secondary N) is 1. The Hall–Kier alpha value is -3.86. The number of rotatable bonds is 9. The molecule has 14 heteroatoms. The van der Waals surface area contributed by atoms with E-state index in [1.807, 2.05) is 11.9 Å². The number of carboxylic acid groups (broad SMARTS) is 2. The van der Waals surface area contributed by atoms with Crippen LogP contribution in [-0.4, -0.2) is 61.1 Å². The maximum absolute atomic E-state index is 12.4.